The monoisotopic (exact) mass is 288 g/mol. The van der Waals surface area contributed by atoms with Crippen molar-refractivity contribution in [2.75, 3.05) is 6.61 Å². The summed E-state index contributed by atoms with van der Waals surface area (Å²) in [4.78, 5) is 0. The fourth-order valence-electron chi connectivity index (χ4n) is 2.67. The van der Waals surface area contributed by atoms with Crippen molar-refractivity contribution in [2.45, 2.75) is 24.7 Å². The van der Waals surface area contributed by atoms with Crippen LogP contribution < -0.4 is 0 Å². The largest absolute Gasteiger partial charge is 0.394 e. The highest BCUT2D eigenvalue weighted by Crippen LogP contribution is 2.34. The molecule has 3 nitrogen and oxygen atoms in total. The van der Waals surface area contributed by atoms with Gasteiger partial charge in [0, 0.05) is 6.42 Å². The van der Waals surface area contributed by atoms with Crippen LogP contribution in [0.15, 0.2) is 48.5 Å². The number of aliphatic hydroxyl groups is 2. The van der Waals surface area contributed by atoms with Crippen molar-refractivity contribution in [1.29, 1.82) is 0 Å². The van der Waals surface area contributed by atoms with Crippen LogP contribution in [0.3, 0.4) is 0 Å². The maximum Gasteiger partial charge on any atom is 0.123 e. The lowest BCUT2D eigenvalue weighted by Gasteiger charge is -2.13. The van der Waals surface area contributed by atoms with Gasteiger partial charge in [-0.1, -0.05) is 30.3 Å². The fourth-order valence-corrected chi connectivity index (χ4v) is 2.67. The molecule has 4 heteroatoms. The molecule has 2 aromatic carbocycles. The van der Waals surface area contributed by atoms with Crippen LogP contribution in [0, 0.1) is 5.82 Å². The van der Waals surface area contributed by atoms with E-state index in [0.717, 1.165) is 16.7 Å². The third kappa shape index (κ3) is 2.97. The molecule has 1 heterocycles. The van der Waals surface area contributed by atoms with Crippen molar-refractivity contribution in [3.05, 3.63) is 59.9 Å². The van der Waals surface area contributed by atoms with Crippen molar-refractivity contribution < 1.29 is 19.3 Å². The molecule has 1 aliphatic heterocycles. The molecule has 3 atom stereocenters. The van der Waals surface area contributed by atoms with E-state index in [0.29, 0.717) is 6.42 Å². The molecule has 0 bridgehead atoms. The zero-order valence-electron chi connectivity index (χ0n) is 11.4. The molecule has 2 N–H and O–H groups in total. The summed E-state index contributed by atoms with van der Waals surface area (Å²) >= 11 is 0. The highest BCUT2D eigenvalue weighted by molar-refractivity contribution is 5.64. The van der Waals surface area contributed by atoms with E-state index in [-0.39, 0.29) is 18.5 Å². The molecule has 1 saturated heterocycles. The highest BCUT2D eigenvalue weighted by atomic mass is 19.1. The first-order chi connectivity index (χ1) is 10.2. The second-order valence-corrected chi connectivity index (χ2v) is 5.28. The summed E-state index contributed by atoms with van der Waals surface area (Å²) in [7, 11) is 0. The minimum absolute atomic E-state index is 0.185. The summed E-state index contributed by atoms with van der Waals surface area (Å²) in [5, 5.41) is 19.0. The van der Waals surface area contributed by atoms with E-state index in [1.165, 1.54) is 12.1 Å². The smallest absolute Gasteiger partial charge is 0.123 e. The summed E-state index contributed by atoms with van der Waals surface area (Å²) in [6.45, 7) is -0.185. The molecule has 0 aromatic heterocycles. The van der Waals surface area contributed by atoms with Crippen LogP contribution in [0.1, 0.15) is 18.1 Å². The van der Waals surface area contributed by atoms with Gasteiger partial charge >= 0.3 is 0 Å². The number of hydrogen-bond donors (Lipinski definition) is 2. The molecule has 0 amide bonds. The maximum atomic E-state index is 13.0. The third-order valence-corrected chi connectivity index (χ3v) is 3.84. The molecule has 110 valence electrons. The Bertz CT molecular complexity index is 612. The molecule has 0 aliphatic carbocycles. The first-order valence-electron chi connectivity index (χ1n) is 6.97. The Morgan fingerprint density at radius 2 is 1.86 bits per heavy atom. The molecule has 3 rings (SSSR count). The molecule has 1 aliphatic rings. The van der Waals surface area contributed by atoms with Gasteiger partial charge in [-0.3, -0.25) is 0 Å². The molecular formula is C17H17FO3. The fraction of sp³-hybridized carbons (Fsp3) is 0.294. The van der Waals surface area contributed by atoms with Gasteiger partial charge in [0.05, 0.1) is 18.8 Å². The van der Waals surface area contributed by atoms with Crippen LogP contribution in [0.4, 0.5) is 4.39 Å². The van der Waals surface area contributed by atoms with Gasteiger partial charge in [-0.05, 0) is 34.9 Å². The average Bonchev–Trinajstić information content (AvgIpc) is 2.89. The summed E-state index contributed by atoms with van der Waals surface area (Å²) in [5.74, 6) is -0.261. The van der Waals surface area contributed by atoms with E-state index in [4.69, 9.17) is 9.84 Å². The molecule has 1 fully saturated rings. The second kappa shape index (κ2) is 5.93. The predicted molar refractivity (Wildman–Crippen MR) is 77.2 cm³/mol. The molecule has 0 saturated carbocycles. The van der Waals surface area contributed by atoms with Crippen molar-refractivity contribution >= 4 is 0 Å². The van der Waals surface area contributed by atoms with Crippen LogP contribution in [0.25, 0.3) is 11.1 Å². The summed E-state index contributed by atoms with van der Waals surface area (Å²) in [6.07, 6.45) is -0.922. The van der Waals surface area contributed by atoms with Gasteiger partial charge in [-0.25, -0.2) is 4.39 Å². The highest BCUT2D eigenvalue weighted by Gasteiger charge is 2.34. The van der Waals surface area contributed by atoms with Gasteiger partial charge in [-0.2, -0.15) is 0 Å². The molecule has 2 aromatic rings. The first-order valence-corrected chi connectivity index (χ1v) is 6.97. The number of aliphatic hydroxyl groups excluding tert-OH is 2. The Morgan fingerprint density at radius 1 is 1.10 bits per heavy atom. The van der Waals surface area contributed by atoms with Crippen LogP contribution in [0.5, 0.6) is 0 Å². The number of benzene rings is 2. The van der Waals surface area contributed by atoms with Gasteiger partial charge in [0.15, 0.2) is 0 Å². The van der Waals surface area contributed by atoms with Gasteiger partial charge in [0.1, 0.15) is 11.9 Å². The first kappa shape index (κ1) is 14.2. The molecular weight excluding hydrogens is 271 g/mol. The van der Waals surface area contributed by atoms with Gasteiger partial charge in [0.25, 0.3) is 0 Å². The Balaban J connectivity index is 1.85. The lowest BCUT2D eigenvalue weighted by atomic mass is 9.99. The minimum atomic E-state index is -0.644. The van der Waals surface area contributed by atoms with E-state index in [9.17, 15) is 9.50 Å². The summed E-state index contributed by atoms with van der Waals surface area (Å²) in [5.41, 5.74) is 2.85. The van der Waals surface area contributed by atoms with Crippen LogP contribution in [-0.2, 0) is 4.74 Å². The van der Waals surface area contributed by atoms with E-state index < -0.39 is 12.2 Å². The quantitative estimate of drug-likeness (QED) is 0.913. The topological polar surface area (TPSA) is 49.7 Å². The second-order valence-electron chi connectivity index (χ2n) is 5.28. The van der Waals surface area contributed by atoms with E-state index in [1.807, 2.05) is 24.3 Å². The Hall–Kier alpha value is -1.75. The minimum Gasteiger partial charge on any atom is -0.394 e. The predicted octanol–water partition coefficient (Wildman–Crippen LogP) is 2.68. The number of ether oxygens (including phenoxy) is 1. The number of hydrogen-bond acceptors (Lipinski definition) is 3. The normalized spacial score (nSPS) is 25.2. The zero-order valence-corrected chi connectivity index (χ0v) is 11.4. The van der Waals surface area contributed by atoms with E-state index in [2.05, 4.69) is 0 Å². The average molecular weight is 288 g/mol. The third-order valence-electron chi connectivity index (χ3n) is 3.84. The van der Waals surface area contributed by atoms with Crippen LogP contribution >= 0.6 is 0 Å². The van der Waals surface area contributed by atoms with Crippen LogP contribution in [-0.4, -0.2) is 29.0 Å². The Kier molecular flexibility index (Phi) is 4.01. The molecule has 0 unspecified atom stereocenters. The lowest BCUT2D eigenvalue weighted by molar-refractivity contribution is -0.0225. The lowest BCUT2D eigenvalue weighted by Crippen LogP contribution is -2.24. The van der Waals surface area contributed by atoms with Gasteiger partial charge in [-0.15, -0.1) is 0 Å². The molecule has 0 radical (unpaired) electrons. The van der Waals surface area contributed by atoms with Crippen molar-refractivity contribution in [3.8, 4) is 11.1 Å². The summed E-state index contributed by atoms with van der Waals surface area (Å²) in [6, 6.07) is 14.1. The van der Waals surface area contributed by atoms with Crippen molar-refractivity contribution in [1.82, 2.24) is 0 Å². The van der Waals surface area contributed by atoms with E-state index in [1.54, 1.807) is 12.1 Å². The van der Waals surface area contributed by atoms with Crippen LogP contribution in [0.2, 0.25) is 0 Å². The molecule has 21 heavy (non-hydrogen) atoms. The SMILES string of the molecule is OC[C@H]1O[C@@H](c2cccc(-c3ccc(F)cc3)c2)C[C@@H]1O. The molecule has 0 spiro atoms. The summed E-state index contributed by atoms with van der Waals surface area (Å²) < 4.78 is 18.6. The zero-order chi connectivity index (χ0) is 14.8. The number of halogens is 1. The van der Waals surface area contributed by atoms with Crippen molar-refractivity contribution in [2.24, 2.45) is 0 Å². The number of rotatable bonds is 3. The van der Waals surface area contributed by atoms with E-state index >= 15 is 0 Å². The Labute approximate surface area is 122 Å². The van der Waals surface area contributed by atoms with Gasteiger partial charge < -0.3 is 14.9 Å². The maximum absolute atomic E-state index is 13.0. The van der Waals surface area contributed by atoms with Crippen molar-refractivity contribution in [3.63, 3.8) is 0 Å². The Morgan fingerprint density at radius 3 is 2.52 bits per heavy atom. The standard InChI is InChI=1S/C17H17FO3/c18-14-6-4-11(5-7-14)12-2-1-3-13(8-12)16-9-15(20)17(10-19)21-16/h1-8,15-17,19-20H,9-10H2/t15-,16+,17+/m0/s1. The van der Waals surface area contributed by atoms with Gasteiger partial charge in [0.2, 0.25) is 0 Å².